The monoisotopic (exact) mass is 1230 g/mol. The Labute approximate surface area is 484 Å². The van der Waals surface area contributed by atoms with Crippen LogP contribution in [0, 0.1) is 0 Å². The number of hydrogen-bond donors (Lipinski definition) is 7. The predicted molar refractivity (Wildman–Crippen MR) is 308 cm³/mol. The molecule has 4 fully saturated rings. The van der Waals surface area contributed by atoms with Crippen LogP contribution < -0.4 is 41.7 Å². The molecule has 2 aromatic heterocycles. The van der Waals surface area contributed by atoms with Gasteiger partial charge in [-0.2, -0.15) is 0 Å². The lowest BCUT2D eigenvalue weighted by atomic mass is 9.96. The molecule has 5 heterocycles. The Kier molecular flexibility index (Phi) is 19.7. The van der Waals surface area contributed by atoms with Crippen molar-refractivity contribution in [2.24, 2.45) is 0 Å². The Morgan fingerprint density at radius 2 is 1.23 bits per heavy atom. The van der Waals surface area contributed by atoms with Gasteiger partial charge in [-0.15, -0.1) is 0 Å². The first-order valence-electron chi connectivity index (χ1n) is 25.8. The van der Waals surface area contributed by atoms with Gasteiger partial charge in [0.05, 0.1) is 27.4 Å². The van der Waals surface area contributed by atoms with Crippen LogP contribution in [0.4, 0.5) is 0 Å². The number of fused-ring (bicyclic) bond motifs is 3. The number of rotatable bonds is 16. The van der Waals surface area contributed by atoms with Gasteiger partial charge >= 0.3 is 30.0 Å². The summed E-state index contributed by atoms with van der Waals surface area (Å²) in [5.74, 6) is -3.57. The van der Waals surface area contributed by atoms with Crippen molar-refractivity contribution in [3.63, 3.8) is 0 Å². The van der Waals surface area contributed by atoms with Crippen LogP contribution in [0.1, 0.15) is 65.8 Å². The lowest BCUT2D eigenvalue weighted by Gasteiger charge is -2.31. The van der Waals surface area contributed by atoms with Crippen molar-refractivity contribution < 1.29 is 66.9 Å². The van der Waals surface area contributed by atoms with E-state index in [-0.39, 0.29) is 13.2 Å². The van der Waals surface area contributed by atoms with Crippen LogP contribution in [0.3, 0.4) is 0 Å². The molecule has 24 nitrogen and oxygen atoms in total. The highest BCUT2D eigenvalue weighted by Gasteiger charge is 2.66. The summed E-state index contributed by atoms with van der Waals surface area (Å²) in [6.45, 7) is 2.19. The van der Waals surface area contributed by atoms with Crippen molar-refractivity contribution in [3.05, 3.63) is 151 Å². The van der Waals surface area contributed by atoms with Crippen LogP contribution >= 0.6 is 23.7 Å². The van der Waals surface area contributed by atoms with Gasteiger partial charge in [0.25, 0.3) is 16.9 Å². The summed E-state index contributed by atoms with van der Waals surface area (Å²) in [5.41, 5.74) is -5.32. The van der Waals surface area contributed by atoms with Gasteiger partial charge in [0.2, 0.25) is 0 Å². The molecular formula is C53H63ClN6O18P2S2. The third-order valence-electron chi connectivity index (χ3n) is 14.1. The summed E-state index contributed by atoms with van der Waals surface area (Å²) in [7, 11) is 2.55. The van der Waals surface area contributed by atoms with E-state index in [4.69, 9.17) is 72.1 Å². The van der Waals surface area contributed by atoms with E-state index < -0.39 is 113 Å². The molecule has 7 N–H and O–H groups in total. The third-order valence-corrected chi connectivity index (χ3v) is 18.8. The van der Waals surface area contributed by atoms with Crippen molar-refractivity contribution in [2.75, 3.05) is 27.4 Å². The summed E-state index contributed by atoms with van der Waals surface area (Å²) in [5, 5.41) is 40.7. The molecule has 0 amide bonds. The maximum atomic E-state index is 12.3. The lowest BCUT2D eigenvalue weighted by molar-refractivity contribution is -0.232. The zero-order chi connectivity index (χ0) is 59.4. The van der Waals surface area contributed by atoms with Crippen LogP contribution in [0.5, 0.6) is 11.5 Å². The first-order chi connectivity index (χ1) is 38.8. The summed E-state index contributed by atoms with van der Waals surface area (Å²) < 4.78 is 53.6. The number of methoxy groups -OCH3 is 2. The van der Waals surface area contributed by atoms with Gasteiger partial charge in [0, 0.05) is 48.1 Å². The van der Waals surface area contributed by atoms with E-state index >= 15 is 0 Å². The number of aliphatic hydroxyl groups is 3. The predicted octanol–water partition coefficient (Wildman–Crippen LogP) is 4.87. The first-order valence-corrected chi connectivity index (χ1v) is 32.0. The quantitative estimate of drug-likeness (QED) is 0.0502. The zero-order valence-electron chi connectivity index (χ0n) is 45.2. The minimum atomic E-state index is -3.50. The minimum Gasteiger partial charge on any atom is -0.468 e. The van der Waals surface area contributed by atoms with E-state index in [1.54, 1.807) is 25.1 Å². The number of carbonyl (C=O) groups is 2. The standard InChI is InChI=1S/C24H28N3O9PS.C15H20N2O6.C14H15ClNO3PS/c1-14(21(30)33-3)26-37(38,36-17-10-6-8-15-7-4-5-9-16(15)17)34-13-18-20(29)24(2,32)22(35-18)27-12-11-19(28)25-23(27)31;1-14-11(22-15(23-14)5-2-3-6-15)9(8-18)21-12(14)17-7-4-10(19)16-13(17)20;1-10(14(17)18-2)16-20(15,21)19-13-9-5-7-11-6-3-4-8-12(11)13/h4-12,14,18,20,22,29,32H,13H2,1-3H3,(H,26,38)(H,25,28,31);4,7,9,11-12,18H,2-3,5-6,8H2,1H3,(H,16,19,20);3-10H,1-2H3,(H,16,21)/t14-,18+,20+,22+,24+,37?;9-,11-,12-,14-;10-,20?/m010/s1. The van der Waals surface area contributed by atoms with Gasteiger partial charge in [-0.3, -0.25) is 38.3 Å². The van der Waals surface area contributed by atoms with Crippen LogP contribution in [-0.4, -0.2) is 127 Å². The lowest BCUT2D eigenvalue weighted by Crippen LogP contribution is -2.47. The summed E-state index contributed by atoms with van der Waals surface area (Å²) in [6.07, 6.45) is 0.373. The third kappa shape index (κ3) is 13.8. The number of ether oxygens (including phenoxy) is 6. The fourth-order valence-corrected chi connectivity index (χ4v) is 14.9. The molecule has 1 saturated carbocycles. The molecule has 2 unspecified atom stereocenters. The molecule has 0 bridgehead atoms. The van der Waals surface area contributed by atoms with Crippen LogP contribution in [0.15, 0.2) is 129 Å². The molecule has 3 aliphatic heterocycles. The number of benzene rings is 4. The Hall–Kier alpha value is -5.51. The van der Waals surface area contributed by atoms with E-state index in [9.17, 15) is 44.1 Å². The number of H-pyrrole nitrogens is 2. The molecule has 12 atom stereocenters. The minimum absolute atomic E-state index is 0.228. The molecular weight excluding hydrogens is 1170 g/mol. The number of esters is 2. The summed E-state index contributed by atoms with van der Waals surface area (Å²) in [4.78, 5) is 75.0. The number of nitrogens with one attached hydrogen (secondary N) is 4. The van der Waals surface area contributed by atoms with Crippen molar-refractivity contribution in [2.45, 2.75) is 119 Å². The van der Waals surface area contributed by atoms with Gasteiger partial charge in [-0.05, 0) is 98.3 Å². The Bertz CT molecular complexity index is 3630. The van der Waals surface area contributed by atoms with Crippen molar-refractivity contribution in [3.8, 4) is 11.5 Å². The molecule has 442 valence electrons. The highest BCUT2D eigenvalue weighted by Crippen LogP contribution is 2.55. The molecule has 0 radical (unpaired) electrons. The van der Waals surface area contributed by atoms with E-state index in [0.29, 0.717) is 11.5 Å². The maximum Gasteiger partial charge on any atom is 0.330 e. The number of halogens is 1. The van der Waals surface area contributed by atoms with Gasteiger partial charge in [0.1, 0.15) is 59.2 Å². The van der Waals surface area contributed by atoms with Crippen molar-refractivity contribution >= 4 is 80.7 Å². The molecule has 4 aromatic carbocycles. The first kappa shape index (κ1) is 62.5. The second-order valence-electron chi connectivity index (χ2n) is 20.0. The smallest absolute Gasteiger partial charge is 0.330 e. The van der Waals surface area contributed by atoms with Crippen LogP contribution in [0.2, 0.25) is 0 Å². The Balaban J connectivity index is 0.000000171. The number of carbonyl (C=O) groups excluding carboxylic acids is 2. The highest BCUT2D eigenvalue weighted by molar-refractivity contribution is 8.23. The number of aromatic amines is 2. The molecule has 4 aliphatic rings. The van der Waals surface area contributed by atoms with Crippen molar-refractivity contribution in [1.82, 2.24) is 29.3 Å². The van der Waals surface area contributed by atoms with E-state index in [0.717, 1.165) is 64.1 Å². The molecule has 82 heavy (non-hydrogen) atoms. The molecule has 1 aliphatic carbocycles. The summed E-state index contributed by atoms with van der Waals surface area (Å²) >= 11 is 17.3. The molecule has 1 spiro atoms. The topological polar surface area (TPSA) is 312 Å². The van der Waals surface area contributed by atoms with E-state index in [1.165, 1.54) is 44.9 Å². The Morgan fingerprint density at radius 1 is 0.744 bits per heavy atom. The number of aromatic nitrogens is 4. The highest BCUT2D eigenvalue weighted by atomic mass is 35.7. The van der Waals surface area contributed by atoms with E-state index in [1.807, 2.05) is 73.7 Å². The Morgan fingerprint density at radius 3 is 1.76 bits per heavy atom. The number of nitrogens with zero attached hydrogens (tertiary/aromatic N) is 2. The molecule has 3 saturated heterocycles. The van der Waals surface area contributed by atoms with E-state index in [2.05, 4.69) is 24.9 Å². The second-order valence-corrected chi connectivity index (χ2v) is 28.2. The van der Waals surface area contributed by atoms with Gasteiger partial charge in [0.15, 0.2) is 18.2 Å². The largest absolute Gasteiger partial charge is 0.468 e. The normalized spacial score (nSPS) is 26.5. The fourth-order valence-electron chi connectivity index (χ4n) is 10.1. The zero-order valence-corrected chi connectivity index (χ0v) is 49.4. The maximum absolute atomic E-state index is 12.3. The van der Waals surface area contributed by atoms with Gasteiger partial charge < -0.3 is 57.3 Å². The average Bonchev–Trinajstić information content (AvgIpc) is 4.16. The van der Waals surface area contributed by atoms with Crippen LogP contribution in [-0.2, 0) is 66.1 Å². The molecule has 6 aromatic rings. The van der Waals surface area contributed by atoms with Crippen LogP contribution in [0.25, 0.3) is 21.5 Å². The molecule has 29 heteroatoms. The molecule has 10 rings (SSSR count). The van der Waals surface area contributed by atoms with Gasteiger partial charge in [-0.1, -0.05) is 72.8 Å². The second kappa shape index (κ2) is 25.8. The SMILES string of the molecule is COC(=O)[C@H](C)NP(=S)(Cl)Oc1cccc2ccccc12.COC(=O)[C@H](C)NP(=S)(OC[C@H]1O[C@@H](n2ccc(=O)[nH]c2=O)[C@](C)(O)[C@@H]1O)Oc1cccc2ccccc12.C[C@@]12OC3(CCCC3)O[C@@H]1[C@@H](CO)O[C@H]2n1ccc(=O)[nH]c1=O. The van der Waals surface area contributed by atoms with Gasteiger partial charge in [-0.25, -0.2) is 19.8 Å². The average molecular weight is 1230 g/mol. The number of aliphatic hydroxyl groups excluding tert-OH is 2. The van der Waals surface area contributed by atoms with Crippen molar-refractivity contribution in [1.29, 1.82) is 0 Å². The fraction of sp³-hybridized carbons (Fsp3) is 0.434. The number of hydrogen-bond acceptors (Lipinski definition) is 20. The summed E-state index contributed by atoms with van der Waals surface area (Å²) in [6, 6.07) is 27.1.